The minimum atomic E-state index is -3.94. The molecule has 0 aromatic heterocycles. The molecule has 2 aromatic carbocycles. The topological polar surface area (TPSA) is 86.8 Å². The van der Waals surface area contributed by atoms with Crippen LogP contribution < -0.4 is 9.62 Å². The first kappa shape index (κ1) is 27.9. The molecule has 0 aliphatic carbocycles. The molecule has 34 heavy (non-hydrogen) atoms. The molecule has 0 aliphatic rings. The average Bonchev–Trinajstić information content (AvgIpc) is 2.76. The van der Waals surface area contributed by atoms with Gasteiger partial charge in [-0.2, -0.15) is 0 Å². The van der Waals surface area contributed by atoms with Crippen molar-refractivity contribution in [3.8, 4) is 0 Å². The molecule has 2 aromatic rings. The van der Waals surface area contributed by atoms with Crippen molar-refractivity contribution in [3.05, 3.63) is 63.9 Å². The Bertz CT molecular complexity index is 1130. The van der Waals surface area contributed by atoms with Gasteiger partial charge in [-0.15, -0.1) is 0 Å². The molecular formula is C23H28Cl2FN3O4S. The molecule has 1 unspecified atom stereocenters. The lowest BCUT2D eigenvalue weighted by Crippen LogP contribution is -2.51. The van der Waals surface area contributed by atoms with Gasteiger partial charge in [0.05, 0.1) is 17.0 Å². The van der Waals surface area contributed by atoms with E-state index in [9.17, 15) is 22.4 Å². The Balaban J connectivity index is 2.37. The molecule has 2 rings (SSSR count). The van der Waals surface area contributed by atoms with Crippen LogP contribution in [0.25, 0.3) is 0 Å². The van der Waals surface area contributed by atoms with Gasteiger partial charge in [-0.05, 0) is 48.7 Å². The van der Waals surface area contributed by atoms with Gasteiger partial charge in [0.15, 0.2) is 0 Å². The Labute approximate surface area is 209 Å². The molecule has 0 bridgehead atoms. The summed E-state index contributed by atoms with van der Waals surface area (Å²) in [5, 5.41) is 3.03. The van der Waals surface area contributed by atoms with E-state index in [4.69, 9.17) is 23.2 Å². The number of amides is 2. The fourth-order valence-electron chi connectivity index (χ4n) is 3.08. The van der Waals surface area contributed by atoms with E-state index in [1.807, 2.05) is 13.8 Å². The Morgan fingerprint density at radius 1 is 1.06 bits per heavy atom. The van der Waals surface area contributed by atoms with Crippen LogP contribution in [0.2, 0.25) is 10.0 Å². The number of halogens is 3. The van der Waals surface area contributed by atoms with Crippen molar-refractivity contribution < 1.29 is 22.4 Å². The van der Waals surface area contributed by atoms with Crippen LogP contribution in [0.1, 0.15) is 26.3 Å². The molecule has 0 saturated carbocycles. The number of anilines is 1. The van der Waals surface area contributed by atoms with Gasteiger partial charge in [-0.3, -0.25) is 13.9 Å². The monoisotopic (exact) mass is 531 g/mol. The summed E-state index contributed by atoms with van der Waals surface area (Å²) in [5.41, 5.74) is 0.739. The third-order valence-corrected chi connectivity index (χ3v) is 6.67. The van der Waals surface area contributed by atoms with E-state index in [0.717, 1.165) is 22.7 Å². The summed E-state index contributed by atoms with van der Waals surface area (Å²) >= 11 is 11.8. The third kappa shape index (κ3) is 7.85. The summed E-state index contributed by atoms with van der Waals surface area (Å²) in [6.45, 7) is 5.34. The number of benzene rings is 2. The van der Waals surface area contributed by atoms with Crippen LogP contribution in [-0.2, 0) is 26.2 Å². The summed E-state index contributed by atoms with van der Waals surface area (Å²) in [4.78, 5) is 27.4. The maximum Gasteiger partial charge on any atom is 0.244 e. The fourth-order valence-corrected chi connectivity index (χ4v) is 4.22. The maximum absolute atomic E-state index is 13.6. The predicted octanol–water partition coefficient (Wildman–Crippen LogP) is 4.09. The van der Waals surface area contributed by atoms with Gasteiger partial charge in [-0.25, -0.2) is 12.8 Å². The first-order valence-corrected chi connectivity index (χ1v) is 13.1. The zero-order chi connectivity index (χ0) is 25.6. The Hall–Kier alpha value is -2.36. The van der Waals surface area contributed by atoms with Crippen molar-refractivity contribution in [2.45, 2.75) is 33.4 Å². The molecule has 0 fully saturated rings. The first-order chi connectivity index (χ1) is 15.8. The average molecular weight is 532 g/mol. The van der Waals surface area contributed by atoms with Crippen molar-refractivity contribution in [3.63, 3.8) is 0 Å². The number of hydrogen-bond donors (Lipinski definition) is 1. The van der Waals surface area contributed by atoms with E-state index in [2.05, 4.69) is 5.32 Å². The fraction of sp³-hybridized carbons (Fsp3) is 0.391. The van der Waals surface area contributed by atoms with Crippen LogP contribution in [0.3, 0.4) is 0 Å². The molecule has 0 aliphatic heterocycles. The van der Waals surface area contributed by atoms with Crippen LogP contribution in [0.5, 0.6) is 0 Å². The zero-order valence-corrected chi connectivity index (χ0v) is 21.7. The quantitative estimate of drug-likeness (QED) is 0.500. The summed E-state index contributed by atoms with van der Waals surface area (Å²) in [7, 11) is -3.94. The number of carbonyl (C=O) groups excluding carboxylic acids is 2. The standard InChI is InChI=1S/C23H28Cl2FN3O4S/c1-15(2)12-27-23(31)16(3)28(13-17-5-7-18(24)8-6-17)22(30)14-29(34(4,32)33)19-9-10-21(26)20(25)11-19/h5-11,15-16H,12-14H2,1-4H3,(H,27,31). The Morgan fingerprint density at radius 3 is 2.21 bits per heavy atom. The van der Waals surface area contributed by atoms with E-state index >= 15 is 0 Å². The van der Waals surface area contributed by atoms with Crippen LogP contribution in [-0.4, -0.2) is 50.5 Å². The highest BCUT2D eigenvalue weighted by molar-refractivity contribution is 7.92. The lowest BCUT2D eigenvalue weighted by molar-refractivity contribution is -0.139. The van der Waals surface area contributed by atoms with Crippen LogP contribution in [0.15, 0.2) is 42.5 Å². The van der Waals surface area contributed by atoms with Crippen molar-refractivity contribution in [2.24, 2.45) is 5.92 Å². The predicted molar refractivity (Wildman–Crippen MR) is 133 cm³/mol. The summed E-state index contributed by atoms with van der Waals surface area (Å²) in [6, 6.07) is 9.24. The van der Waals surface area contributed by atoms with E-state index in [1.165, 1.54) is 11.0 Å². The third-order valence-electron chi connectivity index (χ3n) is 4.99. The minimum absolute atomic E-state index is 0.0330. The number of rotatable bonds is 10. The molecule has 2 amide bonds. The Kier molecular flexibility index (Phi) is 9.73. The molecule has 7 nitrogen and oxygen atoms in total. The highest BCUT2D eigenvalue weighted by Crippen LogP contribution is 2.25. The number of sulfonamides is 1. The van der Waals surface area contributed by atoms with Gasteiger partial charge in [0.2, 0.25) is 21.8 Å². The van der Waals surface area contributed by atoms with E-state index < -0.39 is 34.3 Å². The van der Waals surface area contributed by atoms with Gasteiger partial charge < -0.3 is 10.2 Å². The number of carbonyl (C=O) groups is 2. The van der Waals surface area contributed by atoms with Crippen LogP contribution in [0, 0.1) is 11.7 Å². The molecule has 0 heterocycles. The molecule has 0 saturated heterocycles. The van der Waals surface area contributed by atoms with Crippen molar-refractivity contribution in [2.75, 3.05) is 23.7 Å². The molecule has 0 spiro atoms. The molecular weight excluding hydrogens is 504 g/mol. The lowest BCUT2D eigenvalue weighted by atomic mass is 10.1. The number of nitrogens with zero attached hydrogens (tertiary/aromatic N) is 2. The van der Waals surface area contributed by atoms with E-state index in [1.54, 1.807) is 31.2 Å². The normalized spacial score (nSPS) is 12.4. The number of hydrogen-bond acceptors (Lipinski definition) is 4. The van der Waals surface area contributed by atoms with Crippen LogP contribution >= 0.6 is 23.2 Å². The maximum atomic E-state index is 13.6. The van der Waals surface area contributed by atoms with E-state index in [0.29, 0.717) is 17.1 Å². The molecule has 11 heteroatoms. The summed E-state index contributed by atoms with van der Waals surface area (Å²) in [5.74, 6) is -1.50. The van der Waals surface area contributed by atoms with Gasteiger partial charge in [0, 0.05) is 18.1 Å². The second-order valence-electron chi connectivity index (χ2n) is 8.33. The summed E-state index contributed by atoms with van der Waals surface area (Å²) in [6.07, 6.45) is 0.930. The first-order valence-electron chi connectivity index (χ1n) is 10.5. The highest BCUT2D eigenvalue weighted by Gasteiger charge is 2.30. The Morgan fingerprint density at radius 2 is 1.68 bits per heavy atom. The second kappa shape index (κ2) is 11.9. The molecule has 1 atom stereocenters. The van der Waals surface area contributed by atoms with Crippen molar-refractivity contribution in [1.29, 1.82) is 0 Å². The molecule has 1 N–H and O–H groups in total. The SMILES string of the molecule is CC(C)CNC(=O)C(C)N(Cc1ccc(Cl)cc1)C(=O)CN(c1ccc(F)c(Cl)c1)S(C)(=O)=O. The van der Waals surface area contributed by atoms with Gasteiger partial charge in [0.1, 0.15) is 18.4 Å². The van der Waals surface area contributed by atoms with E-state index in [-0.39, 0.29) is 29.1 Å². The number of nitrogens with one attached hydrogen (secondary N) is 1. The minimum Gasteiger partial charge on any atom is -0.354 e. The largest absolute Gasteiger partial charge is 0.354 e. The zero-order valence-electron chi connectivity index (χ0n) is 19.4. The smallest absolute Gasteiger partial charge is 0.244 e. The van der Waals surface area contributed by atoms with Gasteiger partial charge in [0.25, 0.3) is 0 Å². The second-order valence-corrected chi connectivity index (χ2v) is 11.1. The van der Waals surface area contributed by atoms with Crippen molar-refractivity contribution >= 4 is 50.7 Å². The van der Waals surface area contributed by atoms with Gasteiger partial charge in [-0.1, -0.05) is 49.2 Å². The summed E-state index contributed by atoms with van der Waals surface area (Å²) < 4.78 is 39.4. The molecule has 186 valence electrons. The molecule has 0 radical (unpaired) electrons. The van der Waals surface area contributed by atoms with Crippen molar-refractivity contribution in [1.82, 2.24) is 10.2 Å². The highest BCUT2D eigenvalue weighted by atomic mass is 35.5. The van der Waals surface area contributed by atoms with Gasteiger partial charge >= 0.3 is 0 Å². The van der Waals surface area contributed by atoms with Crippen LogP contribution in [0.4, 0.5) is 10.1 Å². The lowest BCUT2D eigenvalue weighted by Gasteiger charge is -2.31.